The number of hydrogen-bond acceptors (Lipinski definition) is 5. The van der Waals surface area contributed by atoms with Crippen molar-refractivity contribution in [2.24, 2.45) is 0 Å². The summed E-state index contributed by atoms with van der Waals surface area (Å²) in [5.74, 6) is 2.11. The lowest BCUT2D eigenvalue weighted by molar-refractivity contribution is 0.398. The molecule has 0 unspecified atom stereocenters. The molecule has 3 N–H and O–H groups in total. The second-order valence-corrected chi connectivity index (χ2v) is 3.55. The molecule has 0 radical (unpaired) electrons. The maximum Gasteiger partial charge on any atom is 0.215 e. The highest BCUT2D eigenvalue weighted by Gasteiger charge is 2.03. The highest BCUT2D eigenvalue weighted by molar-refractivity contribution is 5.61. The summed E-state index contributed by atoms with van der Waals surface area (Å²) >= 11 is 0. The van der Waals surface area contributed by atoms with Crippen molar-refractivity contribution in [1.29, 1.82) is 0 Å². The Bertz CT molecular complexity index is 469. The minimum atomic E-state index is 0.541. The van der Waals surface area contributed by atoms with Crippen molar-refractivity contribution in [3.05, 3.63) is 36.3 Å². The zero-order valence-corrected chi connectivity index (χ0v) is 9.64. The van der Waals surface area contributed by atoms with Crippen LogP contribution in [-0.4, -0.2) is 18.6 Å². The van der Waals surface area contributed by atoms with E-state index in [1.807, 2.05) is 12.1 Å². The molecule has 17 heavy (non-hydrogen) atoms. The van der Waals surface area contributed by atoms with E-state index in [4.69, 9.17) is 14.9 Å². The molecule has 0 amide bonds. The van der Waals surface area contributed by atoms with Gasteiger partial charge in [0.15, 0.2) is 5.82 Å². The van der Waals surface area contributed by atoms with Crippen LogP contribution in [0.5, 0.6) is 5.88 Å². The lowest BCUT2D eigenvalue weighted by Gasteiger charge is -2.08. The molecule has 2 aromatic rings. The fraction of sp³-hybridized carbons (Fsp3) is 0.250. The number of hydrogen-bond donors (Lipinski definition) is 2. The van der Waals surface area contributed by atoms with Crippen LogP contribution < -0.4 is 15.8 Å². The number of nitrogens with zero attached hydrogens (tertiary/aromatic N) is 1. The Morgan fingerprint density at radius 3 is 3.00 bits per heavy atom. The fourth-order valence-corrected chi connectivity index (χ4v) is 1.47. The van der Waals surface area contributed by atoms with E-state index < -0.39 is 0 Å². The number of methoxy groups -OCH3 is 1. The normalized spacial score (nSPS) is 10.2. The molecule has 0 aliphatic rings. The molecular weight excluding hydrogens is 218 g/mol. The quantitative estimate of drug-likeness (QED) is 0.825. The zero-order chi connectivity index (χ0) is 12.1. The van der Waals surface area contributed by atoms with Gasteiger partial charge in [0, 0.05) is 19.0 Å². The summed E-state index contributed by atoms with van der Waals surface area (Å²) in [6.45, 7) is 0.706. The van der Waals surface area contributed by atoms with E-state index in [0.717, 1.165) is 12.2 Å². The predicted octanol–water partition coefficient (Wildman–Crippen LogP) is 1.92. The van der Waals surface area contributed by atoms with E-state index >= 15 is 0 Å². The number of nitrogens with two attached hydrogens (primary N) is 1. The molecule has 0 aliphatic heterocycles. The molecule has 0 saturated carbocycles. The summed E-state index contributed by atoms with van der Waals surface area (Å²) < 4.78 is 10.3. The number of anilines is 2. The maximum atomic E-state index is 5.80. The van der Waals surface area contributed by atoms with E-state index in [0.29, 0.717) is 23.9 Å². The number of nitrogens with one attached hydrogen (secondary N) is 1. The number of ether oxygens (including phenoxy) is 1. The van der Waals surface area contributed by atoms with Gasteiger partial charge < -0.3 is 20.2 Å². The summed E-state index contributed by atoms with van der Waals surface area (Å²) in [5.41, 5.74) is 6.40. The summed E-state index contributed by atoms with van der Waals surface area (Å²) in [7, 11) is 1.57. The molecule has 0 fully saturated rings. The van der Waals surface area contributed by atoms with Gasteiger partial charge in [0.05, 0.1) is 19.1 Å². The first-order valence-electron chi connectivity index (χ1n) is 5.36. The smallest absolute Gasteiger partial charge is 0.215 e. The number of rotatable bonds is 5. The Morgan fingerprint density at radius 2 is 2.29 bits per heavy atom. The van der Waals surface area contributed by atoms with Crippen molar-refractivity contribution >= 4 is 11.5 Å². The highest BCUT2D eigenvalue weighted by Crippen LogP contribution is 2.19. The van der Waals surface area contributed by atoms with Gasteiger partial charge >= 0.3 is 0 Å². The second-order valence-electron chi connectivity index (χ2n) is 3.55. The van der Waals surface area contributed by atoms with E-state index in [1.165, 1.54) is 0 Å². The Hall–Kier alpha value is -2.17. The highest BCUT2D eigenvalue weighted by atomic mass is 16.5. The summed E-state index contributed by atoms with van der Waals surface area (Å²) in [5, 5.41) is 3.15. The summed E-state index contributed by atoms with van der Waals surface area (Å²) in [4.78, 5) is 4.22. The van der Waals surface area contributed by atoms with Gasteiger partial charge in [-0.25, -0.2) is 0 Å². The van der Waals surface area contributed by atoms with Crippen LogP contribution in [0.3, 0.4) is 0 Å². The standard InChI is InChI=1S/C12H15N3O2/c1-16-11-5-4-10(13)12(15-11)14-7-6-9-3-2-8-17-9/h2-5,8H,6-7,13H2,1H3,(H,14,15). The van der Waals surface area contributed by atoms with Crippen molar-refractivity contribution in [1.82, 2.24) is 4.98 Å². The zero-order valence-electron chi connectivity index (χ0n) is 9.64. The number of pyridine rings is 1. The van der Waals surface area contributed by atoms with Gasteiger partial charge in [-0.3, -0.25) is 0 Å². The molecule has 5 heteroatoms. The van der Waals surface area contributed by atoms with Crippen molar-refractivity contribution in [2.75, 3.05) is 24.7 Å². The van der Waals surface area contributed by atoms with Gasteiger partial charge in [-0.15, -0.1) is 0 Å². The monoisotopic (exact) mass is 233 g/mol. The first-order valence-corrected chi connectivity index (χ1v) is 5.36. The lowest BCUT2D eigenvalue weighted by Crippen LogP contribution is -2.08. The van der Waals surface area contributed by atoms with Crippen LogP contribution in [-0.2, 0) is 6.42 Å². The largest absolute Gasteiger partial charge is 0.481 e. The van der Waals surface area contributed by atoms with Crippen LogP contribution in [0.2, 0.25) is 0 Å². The first kappa shape index (κ1) is 11.3. The fourth-order valence-electron chi connectivity index (χ4n) is 1.47. The molecule has 0 spiro atoms. The maximum absolute atomic E-state index is 5.80. The third-order valence-electron chi connectivity index (χ3n) is 2.35. The Kier molecular flexibility index (Phi) is 3.49. The van der Waals surface area contributed by atoms with E-state index in [-0.39, 0.29) is 0 Å². The van der Waals surface area contributed by atoms with Gasteiger partial charge in [-0.1, -0.05) is 0 Å². The molecule has 2 aromatic heterocycles. The average molecular weight is 233 g/mol. The topological polar surface area (TPSA) is 73.3 Å². The minimum absolute atomic E-state index is 0.541. The average Bonchev–Trinajstić information content (AvgIpc) is 2.84. The third kappa shape index (κ3) is 2.90. The molecule has 0 bridgehead atoms. The Labute approximate surface area is 99.6 Å². The minimum Gasteiger partial charge on any atom is -0.481 e. The SMILES string of the molecule is COc1ccc(N)c(NCCc2ccco2)n1. The molecule has 0 atom stereocenters. The molecule has 90 valence electrons. The van der Waals surface area contributed by atoms with E-state index in [2.05, 4.69) is 10.3 Å². The first-order chi connectivity index (χ1) is 8.29. The lowest BCUT2D eigenvalue weighted by atomic mass is 10.3. The van der Waals surface area contributed by atoms with Crippen molar-refractivity contribution in [2.45, 2.75) is 6.42 Å². The Morgan fingerprint density at radius 1 is 1.41 bits per heavy atom. The van der Waals surface area contributed by atoms with Crippen molar-refractivity contribution in [3.63, 3.8) is 0 Å². The molecule has 0 saturated heterocycles. The second kappa shape index (κ2) is 5.25. The van der Waals surface area contributed by atoms with Gasteiger partial charge in [-0.2, -0.15) is 4.98 Å². The van der Waals surface area contributed by atoms with Gasteiger partial charge in [0.25, 0.3) is 0 Å². The molecule has 5 nitrogen and oxygen atoms in total. The van der Waals surface area contributed by atoms with Crippen LogP contribution in [0.1, 0.15) is 5.76 Å². The molecular formula is C12H15N3O2. The van der Waals surface area contributed by atoms with E-state index in [1.54, 1.807) is 25.5 Å². The summed E-state index contributed by atoms with van der Waals surface area (Å²) in [6.07, 6.45) is 2.44. The van der Waals surface area contributed by atoms with Gasteiger partial charge in [0.1, 0.15) is 5.76 Å². The number of nitrogen functional groups attached to an aromatic ring is 1. The Balaban J connectivity index is 1.94. The van der Waals surface area contributed by atoms with Crippen LogP contribution in [0.4, 0.5) is 11.5 Å². The van der Waals surface area contributed by atoms with Crippen molar-refractivity contribution in [3.8, 4) is 5.88 Å². The van der Waals surface area contributed by atoms with Crippen molar-refractivity contribution < 1.29 is 9.15 Å². The van der Waals surface area contributed by atoms with E-state index in [9.17, 15) is 0 Å². The number of aromatic nitrogens is 1. The molecule has 2 rings (SSSR count). The van der Waals surface area contributed by atoms with Gasteiger partial charge in [0.2, 0.25) is 5.88 Å². The summed E-state index contributed by atoms with van der Waals surface area (Å²) in [6, 6.07) is 7.30. The van der Waals surface area contributed by atoms with Crippen LogP contribution >= 0.6 is 0 Å². The van der Waals surface area contributed by atoms with Gasteiger partial charge in [-0.05, 0) is 18.2 Å². The third-order valence-corrected chi connectivity index (χ3v) is 2.35. The van der Waals surface area contributed by atoms with Crippen LogP contribution in [0.15, 0.2) is 34.9 Å². The van der Waals surface area contributed by atoms with Crippen LogP contribution in [0, 0.1) is 0 Å². The molecule has 2 heterocycles. The number of furan rings is 1. The molecule has 0 aliphatic carbocycles. The van der Waals surface area contributed by atoms with Crippen LogP contribution in [0.25, 0.3) is 0 Å². The molecule has 0 aromatic carbocycles. The predicted molar refractivity (Wildman–Crippen MR) is 66.1 cm³/mol.